The maximum atomic E-state index is 5.76. The summed E-state index contributed by atoms with van der Waals surface area (Å²) in [4.78, 5) is 0. The lowest BCUT2D eigenvalue weighted by Gasteiger charge is -2.20. The van der Waals surface area contributed by atoms with Gasteiger partial charge in [0, 0.05) is 0 Å². The summed E-state index contributed by atoms with van der Waals surface area (Å²) in [7, 11) is 0. The fourth-order valence-corrected chi connectivity index (χ4v) is 1.39. The van der Waals surface area contributed by atoms with Gasteiger partial charge >= 0.3 is 0 Å². The van der Waals surface area contributed by atoms with Crippen LogP contribution >= 0.6 is 0 Å². The van der Waals surface area contributed by atoms with Crippen LogP contribution in [0.1, 0.15) is 31.9 Å². The van der Waals surface area contributed by atoms with E-state index in [9.17, 15) is 0 Å². The number of rotatable bonds is 4. The van der Waals surface area contributed by atoms with Gasteiger partial charge in [0.1, 0.15) is 0 Å². The molecule has 0 spiro atoms. The Labute approximate surface area is 92.4 Å². The molecule has 0 fully saturated rings. The van der Waals surface area contributed by atoms with Crippen molar-refractivity contribution >= 4 is 0 Å². The molecule has 2 heteroatoms. The van der Waals surface area contributed by atoms with E-state index in [-0.39, 0.29) is 5.60 Å². The SMILES string of the molecule is CC(C)(C)OCc1ccccc1CCN. The van der Waals surface area contributed by atoms with Crippen molar-refractivity contribution < 1.29 is 4.74 Å². The average molecular weight is 207 g/mol. The number of hydrogen-bond acceptors (Lipinski definition) is 2. The Morgan fingerprint density at radius 2 is 1.73 bits per heavy atom. The molecule has 2 N–H and O–H groups in total. The van der Waals surface area contributed by atoms with Gasteiger partial charge in [0.05, 0.1) is 12.2 Å². The molecule has 0 atom stereocenters. The van der Waals surface area contributed by atoms with E-state index in [4.69, 9.17) is 10.5 Å². The zero-order valence-corrected chi connectivity index (χ0v) is 9.92. The topological polar surface area (TPSA) is 35.2 Å². The minimum atomic E-state index is -0.0875. The van der Waals surface area contributed by atoms with Crippen LogP contribution in [0.5, 0.6) is 0 Å². The fourth-order valence-electron chi connectivity index (χ4n) is 1.39. The molecule has 0 unspecified atom stereocenters. The van der Waals surface area contributed by atoms with Crippen molar-refractivity contribution in [2.24, 2.45) is 5.73 Å². The molecule has 0 radical (unpaired) electrons. The third kappa shape index (κ3) is 4.45. The number of hydrogen-bond donors (Lipinski definition) is 1. The molecule has 1 rings (SSSR count). The molecule has 0 heterocycles. The van der Waals surface area contributed by atoms with Crippen LogP contribution in [0, 0.1) is 0 Å². The van der Waals surface area contributed by atoms with Gasteiger partial charge in [-0.2, -0.15) is 0 Å². The predicted molar refractivity (Wildman–Crippen MR) is 63.7 cm³/mol. The summed E-state index contributed by atoms with van der Waals surface area (Å²) in [5.41, 5.74) is 8.03. The zero-order valence-electron chi connectivity index (χ0n) is 9.92. The highest BCUT2D eigenvalue weighted by Gasteiger charge is 2.11. The quantitative estimate of drug-likeness (QED) is 0.823. The van der Waals surface area contributed by atoms with Crippen molar-refractivity contribution in [3.8, 4) is 0 Å². The fraction of sp³-hybridized carbons (Fsp3) is 0.538. The molecule has 0 aliphatic carbocycles. The Morgan fingerprint density at radius 1 is 1.13 bits per heavy atom. The first-order valence-electron chi connectivity index (χ1n) is 5.44. The maximum Gasteiger partial charge on any atom is 0.0726 e. The normalized spacial score (nSPS) is 11.7. The summed E-state index contributed by atoms with van der Waals surface area (Å²) in [5.74, 6) is 0. The Kier molecular flexibility index (Phi) is 4.30. The molecule has 0 saturated heterocycles. The molecule has 1 aromatic rings. The van der Waals surface area contributed by atoms with Crippen LogP contribution in [0.3, 0.4) is 0 Å². The first kappa shape index (κ1) is 12.2. The molecule has 84 valence electrons. The Bertz CT molecular complexity index is 302. The molecule has 0 aliphatic rings. The monoisotopic (exact) mass is 207 g/mol. The smallest absolute Gasteiger partial charge is 0.0726 e. The summed E-state index contributed by atoms with van der Waals surface area (Å²) in [6, 6.07) is 8.32. The lowest BCUT2D eigenvalue weighted by molar-refractivity contribution is -0.0152. The lowest BCUT2D eigenvalue weighted by Crippen LogP contribution is -2.19. The third-order valence-corrected chi connectivity index (χ3v) is 2.19. The van der Waals surface area contributed by atoms with Gasteiger partial charge in [0.2, 0.25) is 0 Å². The Balaban J connectivity index is 2.67. The highest BCUT2D eigenvalue weighted by atomic mass is 16.5. The number of nitrogens with two attached hydrogens (primary N) is 1. The Hall–Kier alpha value is -0.860. The van der Waals surface area contributed by atoms with Crippen LogP contribution in [0.2, 0.25) is 0 Å². The zero-order chi connectivity index (χ0) is 11.3. The summed E-state index contributed by atoms with van der Waals surface area (Å²) in [6.45, 7) is 7.56. The number of ether oxygens (including phenoxy) is 1. The second-order valence-corrected chi connectivity index (χ2v) is 4.71. The molecule has 0 aromatic heterocycles. The van der Waals surface area contributed by atoms with Gasteiger partial charge in [-0.3, -0.25) is 0 Å². The van der Waals surface area contributed by atoms with E-state index in [1.54, 1.807) is 0 Å². The van der Waals surface area contributed by atoms with E-state index in [1.807, 2.05) is 12.1 Å². The third-order valence-electron chi connectivity index (χ3n) is 2.19. The molecule has 2 nitrogen and oxygen atoms in total. The molecule has 0 aliphatic heterocycles. The molecule has 0 saturated carbocycles. The molecular formula is C13H21NO. The maximum absolute atomic E-state index is 5.76. The summed E-state index contributed by atoms with van der Waals surface area (Å²) >= 11 is 0. The number of benzene rings is 1. The van der Waals surface area contributed by atoms with Gasteiger partial charge in [0.15, 0.2) is 0 Å². The van der Waals surface area contributed by atoms with Crippen molar-refractivity contribution in [2.45, 2.75) is 39.4 Å². The minimum absolute atomic E-state index is 0.0875. The van der Waals surface area contributed by atoms with Crippen molar-refractivity contribution in [3.63, 3.8) is 0 Å². The largest absolute Gasteiger partial charge is 0.371 e. The van der Waals surface area contributed by atoms with Gasteiger partial charge in [0.25, 0.3) is 0 Å². The van der Waals surface area contributed by atoms with E-state index < -0.39 is 0 Å². The second-order valence-electron chi connectivity index (χ2n) is 4.71. The van der Waals surface area contributed by atoms with Crippen LogP contribution in [0.15, 0.2) is 24.3 Å². The molecule has 0 bridgehead atoms. The van der Waals surface area contributed by atoms with E-state index in [0.717, 1.165) is 6.42 Å². The summed E-state index contributed by atoms with van der Waals surface area (Å²) in [5, 5.41) is 0. The minimum Gasteiger partial charge on any atom is -0.371 e. The van der Waals surface area contributed by atoms with Crippen LogP contribution in [0.25, 0.3) is 0 Å². The molecule has 15 heavy (non-hydrogen) atoms. The van der Waals surface area contributed by atoms with Crippen LogP contribution < -0.4 is 5.73 Å². The highest BCUT2D eigenvalue weighted by molar-refractivity contribution is 5.26. The highest BCUT2D eigenvalue weighted by Crippen LogP contribution is 2.15. The molecule has 1 aromatic carbocycles. The van der Waals surface area contributed by atoms with Gasteiger partial charge in [-0.1, -0.05) is 24.3 Å². The van der Waals surface area contributed by atoms with Crippen LogP contribution in [-0.2, 0) is 17.8 Å². The van der Waals surface area contributed by atoms with Gasteiger partial charge in [-0.05, 0) is 44.9 Å². The molecule has 0 amide bonds. The summed E-state index contributed by atoms with van der Waals surface area (Å²) < 4.78 is 5.76. The Morgan fingerprint density at radius 3 is 2.27 bits per heavy atom. The first-order chi connectivity index (χ1) is 7.03. The van der Waals surface area contributed by atoms with Crippen LogP contribution in [-0.4, -0.2) is 12.1 Å². The van der Waals surface area contributed by atoms with Crippen molar-refractivity contribution in [3.05, 3.63) is 35.4 Å². The second kappa shape index (κ2) is 5.29. The van der Waals surface area contributed by atoms with Gasteiger partial charge < -0.3 is 10.5 Å². The van der Waals surface area contributed by atoms with E-state index in [0.29, 0.717) is 13.2 Å². The van der Waals surface area contributed by atoms with Crippen LogP contribution in [0.4, 0.5) is 0 Å². The first-order valence-corrected chi connectivity index (χ1v) is 5.44. The molecular weight excluding hydrogens is 186 g/mol. The predicted octanol–water partition coefficient (Wildman–Crippen LogP) is 2.50. The van der Waals surface area contributed by atoms with E-state index in [1.165, 1.54) is 11.1 Å². The van der Waals surface area contributed by atoms with Gasteiger partial charge in [-0.25, -0.2) is 0 Å². The van der Waals surface area contributed by atoms with E-state index >= 15 is 0 Å². The standard InChI is InChI=1S/C13H21NO/c1-13(2,3)15-10-12-7-5-4-6-11(12)8-9-14/h4-7H,8-10,14H2,1-3H3. The summed E-state index contributed by atoms with van der Waals surface area (Å²) in [6.07, 6.45) is 0.920. The van der Waals surface area contributed by atoms with Crippen molar-refractivity contribution in [1.82, 2.24) is 0 Å². The van der Waals surface area contributed by atoms with Gasteiger partial charge in [-0.15, -0.1) is 0 Å². The van der Waals surface area contributed by atoms with Crippen molar-refractivity contribution in [2.75, 3.05) is 6.54 Å². The lowest BCUT2D eigenvalue weighted by atomic mass is 10.1. The van der Waals surface area contributed by atoms with Crippen molar-refractivity contribution in [1.29, 1.82) is 0 Å². The van der Waals surface area contributed by atoms with E-state index in [2.05, 4.69) is 32.9 Å². The average Bonchev–Trinajstić information content (AvgIpc) is 2.16.